The predicted molar refractivity (Wildman–Crippen MR) is 96.6 cm³/mol. The van der Waals surface area contributed by atoms with Crippen LogP contribution >= 0.6 is 0 Å². The van der Waals surface area contributed by atoms with Crippen molar-refractivity contribution >= 4 is 5.97 Å². The third kappa shape index (κ3) is 4.06. The van der Waals surface area contributed by atoms with Crippen molar-refractivity contribution in [1.82, 2.24) is 9.55 Å². The zero-order valence-corrected chi connectivity index (χ0v) is 15.1. The minimum absolute atomic E-state index is 0.00611. The van der Waals surface area contributed by atoms with E-state index in [1.165, 1.54) is 23.8 Å². The summed E-state index contributed by atoms with van der Waals surface area (Å²) in [6.07, 6.45) is 0. The summed E-state index contributed by atoms with van der Waals surface area (Å²) in [7, 11) is 1.27. The molecule has 0 bridgehead atoms. The Morgan fingerprint density at radius 3 is 2.61 bits per heavy atom. The molecule has 0 spiro atoms. The Morgan fingerprint density at radius 2 is 1.93 bits per heavy atom. The second-order valence-electron chi connectivity index (χ2n) is 5.88. The van der Waals surface area contributed by atoms with Crippen molar-refractivity contribution in [2.24, 2.45) is 0 Å². The molecule has 2 aromatic carbocycles. The van der Waals surface area contributed by atoms with Crippen LogP contribution in [-0.2, 0) is 11.3 Å². The van der Waals surface area contributed by atoms with Gasteiger partial charge >= 0.3 is 5.97 Å². The summed E-state index contributed by atoms with van der Waals surface area (Å²) in [5.74, 6) is -1.64. The first-order valence-electron chi connectivity index (χ1n) is 8.25. The van der Waals surface area contributed by atoms with Crippen LogP contribution in [0.4, 0.5) is 8.78 Å². The highest BCUT2D eigenvalue weighted by atomic mass is 19.1. The van der Waals surface area contributed by atoms with Gasteiger partial charge < -0.3 is 9.47 Å². The molecule has 0 aliphatic carbocycles. The summed E-state index contributed by atoms with van der Waals surface area (Å²) in [5, 5.41) is 0. The number of halogens is 2. The highest BCUT2D eigenvalue weighted by Crippen LogP contribution is 2.15. The highest BCUT2D eigenvalue weighted by molar-refractivity contribution is 5.89. The number of aryl methyl sites for hydroxylation is 1. The number of methoxy groups -OCH3 is 1. The first-order valence-corrected chi connectivity index (χ1v) is 8.25. The molecule has 0 saturated heterocycles. The maximum absolute atomic E-state index is 13.7. The van der Waals surface area contributed by atoms with Crippen LogP contribution in [0.5, 0.6) is 5.88 Å². The number of benzene rings is 2. The molecule has 6 nitrogen and oxygen atoms in total. The highest BCUT2D eigenvalue weighted by Gasteiger charge is 2.12. The fourth-order valence-corrected chi connectivity index (χ4v) is 2.64. The second-order valence-corrected chi connectivity index (χ2v) is 5.88. The van der Waals surface area contributed by atoms with Crippen molar-refractivity contribution in [2.75, 3.05) is 7.11 Å². The SMILES string of the molecule is COC(=O)c1cccc(-n2c(C)nc(OCc3ccc(F)cc3F)cc2=O)c1. The van der Waals surface area contributed by atoms with E-state index in [0.29, 0.717) is 17.1 Å². The van der Waals surface area contributed by atoms with E-state index in [0.717, 1.165) is 18.2 Å². The topological polar surface area (TPSA) is 70.4 Å². The largest absolute Gasteiger partial charge is 0.472 e. The van der Waals surface area contributed by atoms with E-state index in [1.54, 1.807) is 25.1 Å². The number of aromatic nitrogens is 2. The number of hydrogen-bond donors (Lipinski definition) is 0. The van der Waals surface area contributed by atoms with E-state index in [2.05, 4.69) is 9.72 Å². The van der Waals surface area contributed by atoms with Crippen LogP contribution in [0.15, 0.2) is 53.3 Å². The molecule has 0 saturated carbocycles. The Balaban J connectivity index is 1.87. The number of rotatable bonds is 5. The van der Waals surface area contributed by atoms with Crippen LogP contribution in [-0.4, -0.2) is 22.6 Å². The van der Waals surface area contributed by atoms with Crippen LogP contribution in [0.25, 0.3) is 5.69 Å². The second kappa shape index (κ2) is 7.99. The number of carbonyl (C=O) groups is 1. The Bertz CT molecular complexity index is 1100. The summed E-state index contributed by atoms with van der Waals surface area (Å²) >= 11 is 0. The van der Waals surface area contributed by atoms with E-state index >= 15 is 0 Å². The molecular formula is C20H16F2N2O4. The Kier molecular flexibility index (Phi) is 5.49. The van der Waals surface area contributed by atoms with E-state index in [1.807, 2.05) is 0 Å². The van der Waals surface area contributed by atoms with Crippen LogP contribution in [0.3, 0.4) is 0 Å². The van der Waals surface area contributed by atoms with Gasteiger partial charge in [0.15, 0.2) is 0 Å². The molecule has 0 atom stereocenters. The van der Waals surface area contributed by atoms with Gasteiger partial charge in [0.2, 0.25) is 5.88 Å². The number of nitrogens with zero attached hydrogens (tertiary/aromatic N) is 2. The number of hydrogen-bond acceptors (Lipinski definition) is 5. The fourth-order valence-electron chi connectivity index (χ4n) is 2.64. The van der Waals surface area contributed by atoms with Crippen molar-refractivity contribution in [3.8, 4) is 11.6 Å². The van der Waals surface area contributed by atoms with Crippen molar-refractivity contribution in [3.63, 3.8) is 0 Å². The summed E-state index contributed by atoms with van der Waals surface area (Å²) < 4.78 is 38.0. The Labute approximate surface area is 159 Å². The van der Waals surface area contributed by atoms with Gasteiger partial charge in [-0.15, -0.1) is 0 Å². The van der Waals surface area contributed by atoms with Gasteiger partial charge in [0.1, 0.15) is 24.1 Å². The molecule has 1 heterocycles. The van der Waals surface area contributed by atoms with Crippen molar-refractivity contribution in [1.29, 1.82) is 0 Å². The van der Waals surface area contributed by atoms with E-state index in [-0.39, 0.29) is 18.1 Å². The molecule has 0 amide bonds. The van der Waals surface area contributed by atoms with Crippen LogP contribution in [0.2, 0.25) is 0 Å². The van der Waals surface area contributed by atoms with Gasteiger partial charge in [-0.3, -0.25) is 9.36 Å². The lowest BCUT2D eigenvalue weighted by Gasteiger charge is -2.12. The van der Waals surface area contributed by atoms with Gasteiger partial charge in [0.05, 0.1) is 24.4 Å². The van der Waals surface area contributed by atoms with Crippen molar-refractivity contribution < 1.29 is 23.0 Å². The zero-order chi connectivity index (χ0) is 20.3. The summed E-state index contributed by atoms with van der Waals surface area (Å²) in [6.45, 7) is 1.39. The molecule has 0 aliphatic heterocycles. The van der Waals surface area contributed by atoms with Crippen LogP contribution in [0.1, 0.15) is 21.7 Å². The minimum Gasteiger partial charge on any atom is -0.472 e. The van der Waals surface area contributed by atoms with E-state index in [9.17, 15) is 18.4 Å². The van der Waals surface area contributed by atoms with Gasteiger partial charge in [-0.05, 0) is 37.3 Å². The standard InChI is InChI=1S/C20H16F2N2O4/c1-12-23-18(28-11-14-6-7-15(21)9-17(14)22)10-19(25)24(12)16-5-3-4-13(8-16)20(26)27-2/h3-10H,11H2,1-2H3. The van der Waals surface area contributed by atoms with Crippen molar-refractivity contribution in [2.45, 2.75) is 13.5 Å². The molecule has 3 rings (SSSR count). The summed E-state index contributed by atoms with van der Waals surface area (Å²) in [4.78, 5) is 28.4. The summed E-state index contributed by atoms with van der Waals surface area (Å²) in [6, 6.07) is 10.6. The number of ether oxygens (including phenoxy) is 2. The lowest BCUT2D eigenvalue weighted by atomic mass is 10.2. The van der Waals surface area contributed by atoms with E-state index in [4.69, 9.17) is 4.74 Å². The molecule has 0 aliphatic rings. The Morgan fingerprint density at radius 1 is 1.14 bits per heavy atom. The molecule has 0 radical (unpaired) electrons. The van der Waals surface area contributed by atoms with E-state index < -0.39 is 23.2 Å². The molecule has 144 valence electrons. The maximum Gasteiger partial charge on any atom is 0.337 e. The molecule has 1 aromatic heterocycles. The van der Waals surface area contributed by atoms with Crippen LogP contribution in [0, 0.1) is 18.6 Å². The van der Waals surface area contributed by atoms with Gasteiger partial charge in [0.25, 0.3) is 5.56 Å². The lowest BCUT2D eigenvalue weighted by molar-refractivity contribution is 0.0600. The normalized spacial score (nSPS) is 10.6. The third-order valence-electron chi connectivity index (χ3n) is 3.98. The van der Waals surface area contributed by atoms with Gasteiger partial charge in [-0.25, -0.2) is 13.6 Å². The van der Waals surface area contributed by atoms with Gasteiger partial charge in [0, 0.05) is 11.6 Å². The molecule has 3 aromatic rings. The quantitative estimate of drug-likeness (QED) is 0.630. The first kappa shape index (κ1) is 19.2. The molecule has 0 fully saturated rings. The van der Waals surface area contributed by atoms with Gasteiger partial charge in [-0.1, -0.05) is 6.07 Å². The Hall–Kier alpha value is -3.55. The first-order chi connectivity index (χ1) is 13.4. The molecular weight excluding hydrogens is 370 g/mol. The smallest absolute Gasteiger partial charge is 0.337 e. The average molecular weight is 386 g/mol. The average Bonchev–Trinajstić information content (AvgIpc) is 2.66. The molecule has 0 unspecified atom stereocenters. The number of esters is 1. The van der Waals surface area contributed by atoms with Gasteiger partial charge in [-0.2, -0.15) is 4.98 Å². The molecule has 8 heteroatoms. The monoisotopic (exact) mass is 386 g/mol. The third-order valence-corrected chi connectivity index (χ3v) is 3.98. The minimum atomic E-state index is -0.746. The maximum atomic E-state index is 13.7. The molecule has 28 heavy (non-hydrogen) atoms. The lowest BCUT2D eigenvalue weighted by Crippen LogP contribution is -2.22. The zero-order valence-electron chi connectivity index (χ0n) is 15.1. The predicted octanol–water partition coefficient (Wildman–Crippen LogP) is 3.18. The number of carbonyl (C=O) groups excluding carboxylic acids is 1. The van der Waals surface area contributed by atoms with Crippen molar-refractivity contribution in [3.05, 3.63) is 87.5 Å². The van der Waals surface area contributed by atoms with Crippen LogP contribution < -0.4 is 10.3 Å². The summed E-state index contributed by atoms with van der Waals surface area (Å²) in [5.41, 5.74) is 0.423. The fraction of sp³-hybridized carbons (Fsp3) is 0.150. The molecule has 0 N–H and O–H groups in total.